The molecule has 0 radical (unpaired) electrons. The van der Waals surface area contributed by atoms with Crippen molar-refractivity contribution in [3.8, 4) is 0 Å². The lowest BCUT2D eigenvalue weighted by atomic mass is 9.98. The van der Waals surface area contributed by atoms with Gasteiger partial charge in [0.05, 0.1) is 22.8 Å². The molecule has 4 heterocycles. The number of thiophene rings is 1. The lowest BCUT2D eigenvalue weighted by molar-refractivity contribution is -0.149. The first-order chi connectivity index (χ1) is 14.0. The number of esters is 1. The van der Waals surface area contributed by atoms with Gasteiger partial charge < -0.3 is 9.64 Å². The molecule has 1 amide bonds. The van der Waals surface area contributed by atoms with Crippen LogP contribution in [-0.2, 0) is 22.5 Å². The fraction of sp³-hybridized carbons (Fsp3) is 0.619. The molecule has 7 nitrogen and oxygen atoms in total. The first kappa shape index (κ1) is 20.1. The Morgan fingerprint density at radius 3 is 2.83 bits per heavy atom. The molecular formula is C21H27N3O4S. The molecule has 0 aliphatic carbocycles. The van der Waals surface area contributed by atoms with Crippen LogP contribution in [0.5, 0.6) is 0 Å². The Bertz CT molecular complexity index is 1010. The Morgan fingerprint density at radius 1 is 1.21 bits per heavy atom. The summed E-state index contributed by atoms with van der Waals surface area (Å²) < 4.78 is 6.93. The third-order valence-electron chi connectivity index (χ3n) is 5.93. The SMILES string of the molecule is CCOC(=O)[C@H]1CCCN(C(=O)c2sc3nc4n(c(=O)c3c2C)CCCCC4)C1. The fourth-order valence-corrected chi connectivity index (χ4v) is 5.53. The van der Waals surface area contributed by atoms with E-state index in [0.717, 1.165) is 44.3 Å². The van der Waals surface area contributed by atoms with E-state index < -0.39 is 0 Å². The Hall–Kier alpha value is -2.22. The summed E-state index contributed by atoms with van der Waals surface area (Å²) in [5.41, 5.74) is 0.688. The fourth-order valence-electron chi connectivity index (χ4n) is 4.37. The summed E-state index contributed by atoms with van der Waals surface area (Å²) in [4.78, 5) is 46.2. The van der Waals surface area contributed by atoms with Gasteiger partial charge in [-0.1, -0.05) is 6.42 Å². The highest BCUT2D eigenvalue weighted by molar-refractivity contribution is 7.20. The molecule has 0 bridgehead atoms. The summed E-state index contributed by atoms with van der Waals surface area (Å²) in [6, 6.07) is 0. The second-order valence-electron chi connectivity index (χ2n) is 7.87. The summed E-state index contributed by atoms with van der Waals surface area (Å²) in [5.74, 6) is 0.212. The van der Waals surface area contributed by atoms with Crippen molar-refractivity contribution in [2.45, 2.75) is 58.9 Å². The topological polar surface area (TPSA) is 81.5 Å². The highest BCUT2D eigenvalue weighted by atomic mass is 32.1. The normalized spacial score (nSPS) is 19.7. The second-order valence-corrected chi connectivity index (χ2v) is 8.87. The number of amides is 1. The first-order valence-electron chi connectivity index (χ1n) is 10.5. The molecule has 1 fully saturated rings. The summed E-state index contributed by atoms with van der Waals surface area (Å²) in [5, 5.41) is 0.572. The van der Waals surface area contributed by atoms with Gasteiger partial charge in [0, 0.05) is 26.1 Å². The highest BCUT2D eigenvalue weighted by Crippen LogP contribution is 2.30. The van der Waals surface area contributed by atoms with Gasteiger partial charge in [0.25, 0.3) is 11.5 Å². The van der Waals surface area contributed by atoms with E-state index in [9.17, 15) is 14.4 Å². The molecule has 1 saturated heterocycles. The summed E-state index contributed by atoms with van der Waals surface area (Å²) in [6.07, 6.45) is 5.45. The predicted molar refractivity (Wildman–Crippen MR) is 111 cm³/mol. The zero-order valence-corrected chi connectivity index (χ0v) is 17.8. The molecular weight excluding hydrogens is 390 g/mol. The van der Waals surface area contributed by atoms with Crippen LogP contribution in [0.15, 0.2) is 4.79 Å². The molecule has 29 heavy (non-hydrogen) atoms. The Balaban J connectivity index is 1.66. The zero-order valence-electron chi connectivity index (χ0n) is 17.0. The Morgan fingerprint density at radius 2 is 2.03 bits per heavy atom. The van der Waals surface area contributed by atoms with E-state index in [-0.39, 0.29) is 23.4 Å². The van der Waals surface area contributed by atoms with Crippen LogP contribution in [0.2, 0.25) is 0 Å². The number of rotatable bonds is 3. The van der Waals surface area contributed by atoms with Crippen LogP contribution in [0.25, 0.3) is 10.2 Å². The molecule has 8 heteroatoms. The smallest absolute Gasteiger partial charge is 0.310 e. The number of carbonyl (C=O) groups is 2. The molecule has 156 valence electrons. The number of ether oxygens (including phenoxy) is 1. The van der Waals surface area contributed by atoms with Gasteiger partial charge in [-0.15, -0.1) is 11.3 Å². The van der Waals surface area contributed by atoms with Gasteiger partial charge in [0.2, 0.25) is 0 Å². The molecule has 2 aliphatic heterocycles. The Kier molecular flexibility index (Phi) is 5.72. The number of hydrogen-bond acceptors (Lipinski definition) is 6. The van der Waals surface area contributed by atoms with Crippen molar-refractivity contribution in [1.29, 1.82) is 0 Å². The number of nitrogens with zero attached hydrogens (tertiary/aromatic N) is 3. The molecule has 0 saturated carbocycles. The number of aromatic nitrogens is 2. The van der Waals surface area contributed by atoms with E-state index in [0.29, 0.717) is 46.9 Å². The number of fused-ring (bicyclic) bond motifs is 2. The van der Waals surface area contributed by atoms with E-state index in [2.05, 4.69) is 0 Å². The van der Waals surface area contributed by atoms with Crippen molar-refractivity contribution >= 4 is 33.4 Å². The van der Waals surface area contributed by atoms with Crippen LogP contribution >= 0.6 is 11.3 Å². The zero-order chi connectivity index (χ0) is 20.5. The van der Waals surface area contributed by atoms with E-state index >= 15 is 0 Å². The number of carbonyl (C=O) groups excluding carboxylic acids is 2. The van der Waals surface area contributed by atoms with Crippen molar-refractivity contribution in [3.63, 3.8) is 0 Å². The molecule has 0 N–H and O–H groups in total. The van der Waals surface area contributed by atoms with Crippen molar-refractivity contribution in [2.24, 2.45) is 5.92 Å². The maximum atomic E-state index is 13.3. The van der Waals surface area contributed by atoms with Gasteiger partial charge in [-0.2, -0.15) is 0 Å². The highest BCUT2D eigenvalue weighted by Gasteiger charge is 2.32. The second kappa shape index (κ2) is 8.26. The van der Waals surface area contributed by atoms with Gasteiger partial charge in [0.1, 0.15) is 10.7 Å². The van der Waals surface area contributed by atoms with Crippen LogP contribution in [0.3, 0.4) is 0 Å². The van der Waals surface area contributed by atoms with E-state index in [1.54, 1.807) is 16.4 Å². The van der Waals surface area contributed by atoms with E-state index in [4.69, 9.17) is 9.72 Å². The summed E-state index contributed by atoms with van der Waals surface area (Å²) >= 11 is 1.31. The molecule has 2 aromatic rings. The maximum absolute atomic E-state index is 13.3. The van der Waals surface area contributed by atoms with Crippen molar-refractivity contribution < 1.29 is 14.3 Å². The minimum atomic E-state index is -0.276. The lowest BCUT2D eigenvalue weighted by Crippen LogP contribution is -2.42. The van der Waals surface area contributed by atoms with Gasteiger partial charge in [-0.3, -0.25) is 19.0 Å². The van der Waals surface area contributed by atoms with E-state index in [1.807, 2.05) is 6.92 Å². The minimum Gasteiger partial charge on any atom is -0.466 e. The number of aryl methyl sites for hydroxylation is 2. The predicted octanol–water partition coefficient (Wildman–Crippen LogP) is 2.91. The minimum absolute atomic E-state index is 0.0252. The van der Waals surface area contributed by atoms with Gasteiger partial charge in [-0.05, 0) is 45.1 Å². The molecule has 4 rings (SSSR count). The Labute approximate surface area is 173 Å². The van der Waals surface area contributed by atoms with Gasteiger partial charge >= 0.3 is 5.97 Å². The average Bonchev–Trinajstić information content (AvgIpc) is 2.89. The van der Waals surface area contributed by atoms with E-state index in [1.165, 1.54) is 11.3 Å². The molecule has 0 spiro atoms. The number of piperidine rings is 1. The van der Waals surface area contributed by atoms with Crippen LogP contribution < -0.4 is 5.56 Å². The molecule has 0 unspecified atom stereocenters. The van der Waals surface area contributed by atoms with Crippen LogP contribution in [0.4, 0.5) is 0 Å². The van der Waals surface area contributed by atoms with Gasteiger partial charge in [-0.25, -0.2) is 4.98 Å². The largest absolute Gasteiger partial charge is 0.466 e. The number of likely N-dealkylation sites (tertiary alicyclic amines) is 1. The quantitative estimate of drug-likeness (QED) is 0.718. The third-order valence-corrected chi connectivity index (χ3v) is 7.11. The molecule has 1 atom stereocenters. The monoisotopic (exact) mass is 417 g/mol. The summed E-state index contributed by atoms with van der Waals surface area (Å²) in [7, 11) is 0. The third kappa shape index (κ3) is 3.70. The van der Waals surface area contributed by atoms with Gasteiger partial charge in [0.15, 0.2) is 0 Å². The first-order valence-corrected chi connectivity index (χ1v) is 11.3. The average molecular weight is 418 g/mol. The maximum Gasteiger partial charge on any atom is 0.310 e. The van der Waals surface area contributed by atoms with Crippen molar-refractivity contribution in [2.75, 3.05) is 19.7 Å². The molecule has 2 aliphatic rings. The number of hydrogen-bond donors (Lipinski definition) is 0. The standard InChI is InChI=1S/C21H27N3O4S/c1-3-28-21(27)14-8-7-10-23(12-14)20(26)17-13(2)16-18(29-17)22-15-9-5-4-6-11-24(15)19(16)25/h14H,3-12H2,1-2H3/t14-/m0/s1. The molecule has 0 aromatic carbocycles. The lowest BCUT2D eigenvalue weighted by Gasteiger charge is -2.31. The summed E-state index contributed by atoms with van der Waals surface area (Å²) in [6.45, 7) is 5.66. The van der Waals surface area contributed by atoms with Crippen molar-refractivity contribution in [3.05, 3.63) is 26.6 Å². The van der Waals surface area contributed by atoms with Crippen molar-refractivity contribution in [1.82, 2.24) is 14.5 Å². The van der Waals surface area contributed by atoms with Crippen LogP contribution in [0.1, 0.15) is 60.1 Å². The van der Waals surface area contributed by atoms with Crippen LogP contribution in [-0.4, -0.2) is 46.0 Å². The molecule has 2 aromatic heterocycles. The van der Waals surface area contributed by atoms with Crippen LogP contribution in [0, 0.1) is 12.8 Å².